The Kier molecular flexibility index (Phi) is 2.35. The van der Waals surface area contributed by atoms with Crippen LogP contribution in [0.25, 0.3) is 48.9 Å². The first-order chi connectivity index (χ1) is 12.4. The lowest BCUT2D eigenvalue weighted by molar-refractivity contribution is 1.17. The summed E-state index contributed by atoms with van der Waals surface area (Å²) in [7, 11) is 0. The molecule has 0 N–H and O–H groups in total. The molecule has 116 valence electrons. The van der Waals surface area contributed by atoms with Crippen molar-refractivity contribution in [3.05, 3.63) is 79.4 Å². The smallest absolute Gasteiger partial charge is 0.146 e. The van der Waals surface area contributed by atoms with Gasteiger partial charge in [0.1, 0.15) is 12.0 Å². The molecule has 0 aliphatic carbocycles. The van der Waals surface area contributed by atoms with Crippen molar-refractivity contribution in [1.29, 1.82) is 0 Å². The van der Waals surface area contributed by atoms with Crippen molar-refractivity contribution in [3.8, 4) is 0 Å². The molecule has 3 aromatic heterocycles. The predicted octanol–water partition coefficient (Wildman–Crippen LogP) is 5.34. The molecule has 0 radical (unpaired) electrons. The van der Waals surface area contributed by atoms with Crippen molar-refractivity contribution in [3.63, 3.8) is 0 Å². The molecular formula is C22H13N3. The molecule has 25 heavy (non-hydrogen) atoms. The van der Waals surface area contributed by atoms with Gasteiger partial charge in [-0.05, 0) is 39.1 Å². The van der Waals surface area contributed by atoms with E-state index in [9.17, 15) is 0 Å². The highest BCUT2D eigenvalue weighted by Crippen LogP contribution is 2.36. The van der Waals surface area contributed by atoms with Crippen LogP contribution >= 0.6 is 0 Å². The Balaban J connectivity index is 1.99. The summed E-state index contributed by atoms with van der Waals surface area (Å²) in [5.41, 5.74) is 2.05. The average molecular weight is 319 g/mol. The summed E-state index contributed by atoms with van der Waals surface area (Å²) in [5, 5.41) is 8.69. The molecular weight excluding hydrogens is 306 g/mol. The van der Waals surface area contributed by atoms with Gasteiger partial charge in [-0.2, -0.15) is 0 Å². The van der Waals surface area contributed by atoms with E-state index in [1.54, 1.807) is 0 Å². The summed E-state index contributed by atoms with van der Waals surface area (Å²) in [6.07, 6.45) is 5.62. The van der Waals surface area contributed by atoms with E-state index in [0.29, 0.717) is 0 Å². The van der Waals surface area contributed by atoms with Crippen LogP contribution in [0.3, 0.4) is 0 Å². The second-order valence-electron chi connectivity index (χ2n) is 6.39. The number of benzene rings is 3. The Morgan fingerprint density at radius 1 is 0.680 bits per heavy atom. The molecule has 6 aromatic rings. The SMILES string of the molecule is c1ccc2c(c1)ccc1c2ccc2c3cccnc3n3cncc3c12. The number of nitrogens with zero attached hydrogens (tertiary/aromatic N) is 3. The molecule has 3 heteroatoms. The first kappa shape index (κ1) is 12.9. The van der Waals surface area contributed by atoms with Crippen LogP contribution in [0.4, 0.5) is 0 Å². The zero-order valence-electron chi connectivity index (χ0n) is 13.3. The van der Waals surface area contributed by atoms with Crippen molar-refractivity contribution >= 4 is 48.9 Å². The fraction of sp³-hybridized carbons (Fsp3) is 0. The van der Waals surface area contributed by atoms with Gasteiger partial charge in [-0.1, -0.05) is 48.5 Å². The summed E-state index contributed by atoms with van der Waals surface area (Å²) in [6.45, 7) is 0. The number of hydrogen-bond acceptors (Lipinski definition) is 2. The molecule has 0 spiro atoms. The third kappa shape index (κ3) is 1.59. The summed E-state index contributed by atoms with van der Waals surface area (Å²) in [4.78, 5) is 8.98. The molecule has 0 amide bonds. The van der Waals surface area contributed by atoms with Crippen molar-refractivity contribution in [2.75, 3.05) is 0 Å². The van der Waals surface area contributed by atoms with E-state index in [-0.39, 0.29) is 0 Å². The Labute approximate surface area is 143 Å². The van der Waals surface area contributed by atoms with Gasteiger partial charge < -0.3 is 0 Å². The molecule has 0 aliphatic heterocycles. The van der Waals surface area contributed by atoms with E-state index in [1.807, 2.05) is 24.8 Å². The van der Waals surface area contributed by atoms with Gasteiger partial charge in [0.15, 0.2) is 0 Å². The first-order valence-electron chi connectivity index (χ1n) is 8.35. The van der Waals surface area contributed by atoms with Crippen LogP contribution in [0.15, 0.2) is 79.4 Å². The average Bonchev–Trinajstić information content (AvgIpc) is 3.17. The van der Waals surface area contributed by atoms with Crippen LogP contribution in [0.5, 0.6) is 0 Å². The Bertz CT molecular complexity index is 1440. The van der Waals surface area contributed by atoms with Gasteiger partial charge in [0.25, 0.3) is 0 Å². The van der Waals surface area contributed by atoms with E-state index in [2.05, 4.69) is 69.0 Å². The first-order valence-corrected chi connectivity index (χ1v) is 8.35. The summed E-state index contributed by atoms with van der Waals surface area (Å²) >= 11 is 0. The lowest BCUT2D eigenvalue weighted by atomic mass is 9.96. The maximum atomic E-state index is 4.58. The lowest BCUT2D eigenvalue weighted by Crippen LogP contribution is -1.92. The molecule has 3 nitrogen and oxygen atoms in total. The third-order valence-corrected chi connectivity index (χ3v) is 5.13. The fourth-order valence-electron chi connectivity index (χ4n) is 4.04. The third-order valence-electron chi connectivity index (χ3n) is 5.13. The van der Waals surface area contributed by atoms with Crippen LogP contribution in [-0.2, 0) is 0 Å². The molecule has 3 heterocycles. The minimum absolute atomic E-state index is 0.947. The van der Waals surface area contributed by atoms with Gasteiger partial charge in [-0.25, -0.2) is 9.97 Å². The van der Waals surface area contributed by atoms with E-state index in [0.717, 1.165) is 16.6 Å². The number of rotatable bonds is 0. The van der Waals surface area contributed by atoms with Crippen LogP contribution in [-0.4, -0.2) is 14.4 Å². The van der Waals surface area contributed by atoms with Crippen LogP contribution in [0, 0.1) is 0 Å². The van der Waals surface area contributed by atoms with Gasteiger partial charge in [0.05, 0.1) is 11.7 Å². The highest BCUT2D eigenvalue weighted by molar-refractivity contribution is 6.25. The normalized spacial score (nSPS) is 12.0. The fourth-order valence-corrected chi connectivity index (χ4v) is 4.04. The van der Waals surface area contributed by atoms with E-state index >= 15 is 0 Å². The van der Waals surface area contributed by atoms with E-state index in [4.69, 9.17) is 0 Å². The number of hydrogen-bond donors (Lipinski definition) is 0. The molecule has 0 saturated carbocycles. The maximum absolute atomic E-state index is 4.58. The van der Waals surface area contributed by atoms with Crippen molar-refractivity contribution < 1.29 is 0 Å². The van der Waals surface area contributed by atoms with Gasteiger partial charge in [0.2, 0.25) is 0 Å². The molecule has 0 saturated heterocycles. The molecule has 6 rings (SSSR count). The molecule has 0 fully saturated rings. The minimum Gasteiger partial charge on any atom is -0.282 e. The topological polar surface area (TPSA) is 30.2 Å². The number of imidazole rings is 1. The number of aromatic nitrogens is 3. The van der Waals surface area contributed by atoms with Gasteiger partial charge in [0, 0.05) is 17.0 Å². The van der Waals surface area contributed by atoms with E-state index in [1.165, 1.54) is 32.3 Å². The second kappa shape index (κ2) is 4.54. The van der Waals surface area contributed by atoms with Crippen molar-refractivity contribution in [2.24, 2.45) is 0 Å². The quantitative estimate of drug-likeness (QED) is 0.354. The predicted molar refractivity (Wildman–Crippen MR) is 103 cm³/mol. The summed E-state index contributed by atoms with van der Waals surface area (Å²) in [5.74, 6) is 0. The van der Waals surface area contributed by atoms with Crippen molar-refractivity contribution in [2.45, 2.75) is 0 Å². The Morgan fingerprint density at radius 2 is 1.48 bits per heavy atom. The minimum atomic E-state index is 0.947. The zero-order valence-corrected chi connectivity index (χ0v) is 13.3. The maximum Gasteiger partial charge on any atom is 0.146 e. The molecule has 0 aliphatic rings. The number of fused-ring (bicyclic) bond motifs is 10. The van der Waals surface area contributed by atoms with Gasteiger partial charge >= 0.3 is 0 Å². The zero-order chi connectivity index (χ0) is 16.4. The monoisotopic (exact) mass is 319 g/mol. The largest absolute Gasteiger partial charge is 0.282 e. The van der Waals surface area contributed by atoms with Gasteiger partial charge in [-0.3, -0.25) is 4.40 Å². The van der Waals surface area contributed by atoms with E-state index < -0.39 is 0 Å². The van der Waals surface area contributed by atoms with Crippen LogP contribution in [0.1, 0.15) is 0 Å². The highest BCUT2D eigenvalue weighted by atomic mass is 15.0. The van der Waals surface area contributed by atoms with Crippen LogP contribution in [0.2, 0.25) is 0 Å². The van der Waals surface area contributed by atoms with Crippen molar-refractivity contribution in [1.82, 2.24) is 14.4 Å². The molecule has 0 bridgehead atoms. The van der Waals surface area contributed by atoms with Gasteiger partial charge in [-0.15, -0.1) is 0 Å². The Morgan fingerprint density at radius 3 is 2.48 bits per heavy atom. The highest BCUT2D eigenvalue weighted by Gasteiger charge is 2.13. The lowest BCUT2D eigenvalue weighted by Gasteiger charge is -2.11. The van der Waals surface area contributed by atoms with Crippen LogP contribution < -0.4 is 0 Å². The molecule has 3 aromatic carbocycles. The number of pyridine rings is 2. The molecule has 0 unspecified atom stereocenters. The standard InChI is InChI=1S/C22H13N3/c1-2-5-15-14(4-1)7-8-17-16(15)9-10-18-19-6-3-11-24-22(19)25-13-23-12-20(25)21(17)18/h1-13H. The Hall–Kier alpha value is -3.46. The molecule has 0 atom stereocenters. The summed E-state index contributed by atoms with van der Waals surface area (Å²) < 4.78 is 2.09. The summed E-state index contributed by atoms with van der Waals surface area (Å²) in [6, 6.07) is 21.6. The second-order valence-corrected chi connectivity index (χ2v) is 6.39.